The molecule has 1 amide bonds. The molecule has 148 valence electrons. The smallest absolute Gasteiger partial charge is 0.329 e. The molecule has 0 unspecified atom stereocenters. The van der Waals surface area contributed by atoms with Crippen LogP contribution in [0.25, 0.3) is 11.0 Å². The highest BCUT2D eigenvalue weighted by atomic mass is 16.5. The van der Waals surface area contributed by atoms with Crippen LogP contribution in [0.1, 0.15) is 43.8 Å². The Bertz CT molecular complexity index is 1040. The molecule has 1 aromatic carbocycles. The van der Waals surface area contributed by atoms with E-state index in [1.54, 1.807) is 9.13 Å². The normalized spacial score (nSPS) is 15.4. The number of hydrogen-bond donors (Lipinski definition) is 0. The number of benzene rings is 1. The minimum absolute atomic E-state index is 0.0537. The van der Waals surface area contributed by atoms with E-state index >= 15 is 0 Å². The molecule has 1 saturated heterocycles. The first-order valence-corrected chi connectivity index (χ1v) is 9.84. The van der Waals surface area contributed by atoms with Gasteiger partial charge in [0.2, 0.25) is 11.8 Å². The molecule has 8 heteroatoms. The topological polar surface area (TPSA) is 86.2 Å². The number of carbonyl (C=O) groups is 1. The highest BCUT2D eigenvalue weighted by molar-refractivity contribution is 5.78. The first kappa shape index (κ1) is 18.5. The first-order valence-electron chi connectivity index (χ1n) is 9.84. The Labute approximate surface area is 162 Å². The van der Waals surface area contributed by atoms with Gasteiger partial charge in [-0.15, -0.1) is 0 Å². The van der Waals surface area contributed by atoms with Crippen molar-refractivity contribution in [2.45, 2.75) is 52.1 Å². The molecule has 3 aromatic rings. The second-order valence-corrected chi connectivity index (χ2v) is 7.25. The zero-order valence-electron chi connectivity index (χ0n) is 16.3. The zero-order chi connectivity index (χ0) is 19.7. The number of amides is 1. The molecule has 0 radical (unpaired) electrons. The van der Waals surface area contributed by atoms with Crippen LogP contribution in [0.5, 0.6) is 0 Å². The molecule has 0 atom stereocenters. The highest BCUT2D eigenvalue weighted by Gasteiger charge is 2.27. The van der Waals surface area contributed by atoms with Gasteiger partial charge in [-0.1, -0.05) is 17.3 Å². The first-order chi connectivity index (χ1) is 13.6. The maximum atomic E-state index is 12.7. The fourth-order valence-electron chi connectivity index (χ4n) is 4.01. The van der Waals surface area contributed by atoms with Gasteiger partial charge in [0.1, 0.15) is 0 Å². The van der Waals surface area contributed by atoms with Crippen molar-refractivity contribution in [1.29, 1.82) is 0 Å². The van der Waals surface area contributed by atoms with Crippen molar-refractivity contribution in [3.8, 4) is 0 Å². The fraction of sp³-hybridized carbons (Fsp3) is 0.500. The maximum Gasteiger partial charge on any atom is 0.329 e. The number of carbonyl (C=O) groups excluding carboxylic acids is 1. The number of nitrogens with zero attached hydrogens (tertiary/aromatic N) is 5. The molecule has 0 aliphatic carbocycles. The lowest BCUT2D eigenvalue weighted by Gasteiger charge is -2.30. The quantitative estimate of drug-likeness (QED) is 0.675. The van der Waals surface area contributed by atoms with Crippen LogP contribution in [0.15, 0.2) is 33.6 Å². The maximum absolute atomic E-state index is 12.7. The van der Waals surface area contributed by atoms with E-state index in [9.17, 15) is 9.59 Å². The molecular formula is C20H25N5O3. The summed E-state index contributed by atoms with van der Waals surface area (Å²) in [6.07, 6.45) is 1.97. The van der Waals surface area contributed by atoms with Gasteiger partial charge in [0.25, 0.3) is 0 Å². The van der Waals surface area contributed by atoms with E-state index in [0.717, 1.165) is 23.9 Å². The van der Waals surface area contributed by atoms with Gasteiger partial charge in [-0.2, -0.15) is 4.98 Å². The number of aromatic nitrogens is 4. The molecule has 0 N–H and O–H groups in total. The van der Waals surface area contributed by atoms with E-state index < -0.39 is 0 Å². The summed E-state index contributed by atoms with van der Waals surface area (Å²) >= 11 is 0. The van der Waals surface area contributed by atoms with Gasteiger partial charge >= 0.3 is 5.69 Å². The number of likely N-dealkylation sites (tertiary alicyclic amines) is 1. The number of fused-ring (bicyclic) bond motifs is 1. The molecule has 4 rings (SSSR count). The molecule has 0 bridgehead atoms. The van der Waals surface area contributed by atoms with Gasteiger partial charge in [0.05, 0.1) is 11.0 Å². The van der Waals surface area contributed by atoms with Crippen LogP contribution in [0.2, 0.25) is 0 Å². The van der Waals surface area contributed by atoms with Crippen molar-refractivity contribution in [3.05, 3.63) is 46.5 Å². The summed E-state index contributed by atoms with van der Waals surface area (Å²) in [7, 11) is 0. The minimum Gasteiger partial charge on any atom is -0.343 e. The van der Waals surface area contributed by atoms with E-state index in [4.69, 9.17) is 4.52 Å². The SMILES string of the molecule is CCn1c(=O)n(CCC(=O)N2CCC(c3nc(C)no3)CC2)c2ccccc21. The average Bonchev–Trinajstić information content (AvgIpc) is 3.27. The lowest BCUT2D eigenvalue weighted by atomic mass is 9.96. The number of para-hydroxylation sites is 2. The van der Waals surface area contributed by atoms with Crippen LogP contribution < -0.4 is 5.69 Å². The standard InChI is InChI=1S/C20H25N5O3/c1-3-24-16-6-4-5-7-17(16)25(20(24)27)13-10-18(26)23-11-8-15(9-12-23)19-21-14(2)22-28-19/h4-7,15H,3,8-13H2,1-2H3. The Kier molecular flexibility index (Phi) is 5.02. The van der Waals surface area contributed by atoms with Gasteiger partial charge in [0.15, 0.2) is 5.82 Å². The molecular weight excluding hydrogens is 358 g/mol. The number of imidazole rings is 1. The number of rotatable bonds is 5. The summed E-state index contributed by atoms with van der Waals surface area (Å²) in [5.41, 5.74) is 1.74. The Hall–Kier alpha value is -2.90. The van der Waals surface area contributed by atoms with Crippen LogP contribution in [-0.4, -0.2) is 43.2 Å². The van der Waals surface area contributed by atoms with E-state index in [2.05, 4.69) is 10.1 Å². The van der Waals surface area contributed by atoms with E-state index in [0.29, 0.717) is 44.3 Å². The van der Waals surface area contributed by atoms with Crippen molar-refractivity contribution in [2.24, 2.45) is 0 Å². The Morgan fingerprint density at radius 1 is 1.18 bits per heavy atom. The van der Waals surface area contributed by atoms with E-state index in [1.165, 1.54) is 0 Å². The van der Waals surface area contributed by atoms with Crippen molar-refractivity contribution in [2.75, 3.05) is 13.1 Å². The zero-order valence-corrected chi connectivity index (χ0v) is 16.3. The molecule has 8 nitrogen and oxygen atoms in total. The summed E-state index contributed by atoms with van der Waals surface area (Å²) in [6.45, 7) is 6.13. The highest BCUT2D eigenvalue weighted by Crippen LogP contribution is 2.27. The third kappa shape index (κ3) is 3.34. The third-order valence-electron chi connectivity index (χ3n) is 5.53. The molecule has 0 saturated carbocycles. The number of piperidine rings is 1. The van der Waals surface area contributed by atoms with Crippen LogP contribution >= 0.6 is 0 Å². The van der Waals surface area contributed by atoms with Crippen LogP contribution in [0, 0.1) is 6.92 Å². The molecule has 1 aliphatic rings. The molecule has 28 heavy (non-hydrogen) atoms. The lowest BCUT2D eigenvalue weighted by Crippen LogP contribution is -2.38. The molecule has 3 heterocycles. The summed E-state index contributed by atoms with van der Waals surface area (Å²) in [5, 5.41) is 3.85. The van der Waals surface area contributed by atoms with Gasteiger partial charge in [0, 0.05) is 38.5 Å². The largest absolute Gasteiger partial charge is 0.343 e. The third-order valence-corrected chi connectivity index (χ3v) is 5.53. The fourth-order valence-corrected chi connectivity index (χ4v) is 4.01. The predicted molar refractivity (Wildman–Crippen MR) is 104 cm³/mol. The van der Waals surface area contributed by atoms with Gasteiger partial charge < -0.3 is 9.42 Å². The predicted octanol–water partition coefficient (Wildman–Crippen LogP) is 2.31. The second-order valence-electron chi connectivity index (χ2n) is 7.25. The molecule has 2 aromatic heterocycles. The van der Waals surface area contributed by atoms with Crippen molar-refractivity contribution < 1.29 is 9.32 Å². The lowest BCUT2D eigenvalue weighted by molar-refractivity contribution is -0.132. The van der Waals surface area contributed by atoms with Gasteiger partial charge in [-0.25, -0.2) is 4.79 Å². The van der Waals surface area contributed by atoms with Crippen molar-refractivity contribution >= 4 is 16.9 Å². The number of aryl methyl sites for hydroxylation is 3. The summed E-state index contributed by atoms with van der Waals surface area (Å²) in [6, 6.07) is 7.73. The minimum atomic E-state index is -0.0537. The number of hydrogen-bond acceptors (Lipinski definition) is 5. The van der Waals surface area contributed by atoms with Crippen LogP contribution in [-0.2, 0) is 17.9 Å². The summed E-state index contributed by atoms with van der Waals surface area (Å²) in [4.78, 5) is 31.6. The molecule has 0 spiro atoms. The van der Waals surface area contributed by atoms with Crippen LogP contribution in [0.4, 0.5) is 0 Å². The Balaban J connectivity index is 1.40. The Morgan fingerprint density at radius 2 is 1.86 bits per heavy atom. The van der Waals surface area contributed by atoms with E-state index in [-0.39, 0.29) is 17.5 Å². The van der Waals surface area contributed by atoms with Crippen LogP contribution in [0.3, 0.4) is 0 Å². The van der Waals surface area contributed by atoms with Crippen molar-refractivity contribution in [3.63, 3.8) is 0 Å². The van der Waals surface area contributed by atoms with E-state index in [1.807, 2.05) is 43.0 Å². The van der Waals surface area contributed by atoms with Gasteiger partial charge in [-0.3, -0.25) is 13.9 Å². The Morgan fingerprint density at radius 3 is 2.46 bits per heavy atom. The summed E-state index contributed by atoms with van der Waals surface area (Å²) < 4.78 is 8.73. The molecule has 1 aliphatic heterocycles. The van der Waals surface area contributed by atoms with Crippen molar-refractivity contribution in [1.82, 2.24) is 24.2 Å². The van der Waals surface area contributed by atoms with Gasteiger partial charge in [-0.05, 0) is 38.8 Å². The summed E-state index contributed by atoms with van der Waals surface area (Å²) in [5.74, 6) is 1.62. The average molecular weight is 383 g/mol. The second kappa shape index (κ2) is 7.61. The monoisotopic (exact) mass is 383 g/mol. The molecule has 1 fully saturated rings.